The minimum absolute atomic E-state index is 0.978. The van der Waals surface area contributed by atoms with E-state index in [1.54, 1.807) is 0 Å². The predicted octanol–water partition coefficient (Wildman–Crippen LogP) is 3.63. The van der Waals surface area contributed by atoms with Crippen molar-refractivity contribution in [2.75, 3.05) is 12.5 Å². The van der Waals surface area contributed by atoms with Gasteiger partial charge < -0.3 is 0 Å². The van der Waals surface area contributed by atoms with Crippen molar-refractivity contribution < 1.29 is 4.21 Å². The van der Waals surface area contributed by atoms with Crippen molar-refractivity contribution in [1.29, 1.82) is 0 Å². The summed E-state index contributed by atoms with van der Waals surface area (Å²) in [5.41, 5.74) is 0. The molecule has 0 spiro atoms. The highest BCUT2D eigenvalue weighted by molar-refractivity contribution is 8.02. The Morgan fingerprint density at radius 3 is 2.06 bits per heavy atom. The summed E-state index contributed by atoms with van der Waals surface area (Å²) in [6.07, 6.45) is 3.66. The van der Waals surface area contributed by atoms with Gasteiger partial charge in [0.2, 0.25) is 0 Å². The molecule has 0 aliphatic rings. The molecule has 92 valence electrons. The van der Waals surface area contributed by atoms with E-state index in [4.69, 9.17) is 0 Å². The molecule has 0 bridgehead atoms. The summed E-state index contributed by atoms with van der Waals surface area (Å²) < 4.78 is 12.4. The Labute approximate surface area is 108 Å². The summed E-state index contributed by atoms with van der Waals surface area (Å²) in [7, 11) is -2.24. The van der Waals surface area contributed by atoms with Crippen LogP contribution in [-0.2, 0) is 9.93 Å². The molecule has 3 rings (SSSR count). The van der Waals surface area contributed by atoms with Gasteiger partial charge in [-0.15, -0.1) is 0 Å². The van der Waals surface area contributed by atoms with Crippen molar-refractivity contribution in [2.45, 2.75) is 4.90 Å². The van der Waals surface area contributed by atoms with Crippen LogP contribution >= 0.6 is 0 Å². The predicted molar refractivity (Wildman–Crippen MR) is 81.1 cm³/mol. The molecule has 1 nitrogen and oxygen atoms in total. The minimum Gasteiger partial charge on any atom is -0.281 e. The summed E-state index contributed by atoms with van der Waals surface area (Å²) in [6, 6.07) is 18.7. The van der Waals surface area contributed by atoms with E-state index in [9.17, 15) is 4.21 Å². The fourth-order valence-corrected chi connectivity index (χ4v) is 3.64. The summed E-state index contributed by atoms with van der Waals surface area (Å²) in [4.78, 5) is 0.978. The maximum Gasteiger partial charge on any atom is 0.0220 e. The first-order valence-corrected chi connectivity index (χ1v) is 8.63. The van der Waals surface area contributed by atoms with E-state index in [0.29, 0.717) is 0 Å². The van der Waals surface area contributed by atoms with Gasteiger partial charge in [0, 0.05) is 4.90 Å². The lowest BCUT2D eigenvalue weighted by atomic mass is 10.0. The lowest BCUT2D eigenvalue weighted by molar-refractivity contribution is 0.679. The molecule has 3 aromatic carbocycles. The Balaban J connectivity index is 2.47. The van der Waals surface area contributed by atoms with Gasteiger partial charge in [0.1, 0.15) is 0 Å². The molecule has 0 aliphatic carbocycles. The van der Waals surface area contributed by atoms with Crippen molar-refractivity contribution in [1.82, 2.24) is 0 Å². The maximum atomic E-state index is 12.4. The molecular weight excluding hydrogens is 240 g/mol. The van der Waals surface area contributed by atoms with Gasteiger partial charge in [0.25, 0.3) is 0 Å². The fourth-order valence-electron chi connectivity index (χ4n) is 2.42. The molecule has 0 heterocycles. The van der Waals surface area contributed by atoms with Crippen molar-refractivity contribution in [3.63, 3.8) is 0 Å². The summed E-state index contributed by atoms with van der Waals surface area (Å²) >= 11 is 0. The van der Waals surface area contributed by atoms with Gasteiger partial charge in [-0.05, 0) is 52.3 Å². The average Bonchev–Trinajstić information content (AvgIpc) is 2.34. The summed E-state index contributed by atoms with van der Waals surface area (Å²) in [6.45, 7) is 0. The normalized spacial score (nSPS) is 13.0. The van der Waals surface area contributed by atoms with Gasteiger partial charge in [0.05, 0.1) is 0 Å². The first-order chi connectivity index (χ1) is 8.55. The van der Waals surface area contributed by atoms with Crippen LogP contribution in [0.2, 0.25) is 0 Å². The van der Waals surface area contributed by atoms with E-state index >= 15 is 0 Å². The zero-order valence-electron chi connectivity index (χ0n) is 10.6. The molecule has 0 N–H and O–H groups in total. The summed E-state index contributed by atoms with van der Waals surface area (Å²) in [5, 5.41) is 4.70. The Bertz CT molecular complexity index is 783. The highest BCUT2D eigenvalue weighted by atomic mass is 32.2. The molecule has 0 fully saturated rings. The largest absolute Gasteiger partial charge is 0.281 e. The van der Waals surface area contributed by atoms with Crippen LogP contribution in [0.25, 0.3) is 21.5 Å². The second kappa shape index (κ2) is 3.92. The first-order valence-electron chi connectivity index (χ1n) is 6.03. The van der Waals surface area contributed by atoms with Crippen molar-refractivity contribution in [2.24, 2.45) is 0 Å². The molecule has 0 aliphatic heterocycles. The van der Waals surface area contributed by atoms with Crippen molar-refractivity contribution >= 4 is 31.5 Å². The molecule has 3 aromatic rings. The van der Waals surface area contributed by atoms with E-state index in [-0.39, 0.29) is 0 Å². The number of rotatable bonds is 1. The standard InChI is InChI=1S/C16H16OS/c1-18(2,17)16-9-5-8-14-10-12-6-3-4-7-13(12)11-15(14)16/h3-11,18H,1-2H3. The van der Waals surface area contributed by atoms with E-state index in [1.165, 1.54) is 10.8 Å². The molecule has 0 unspecified atom stereocenters. The molecule has 0 radical (unpaired) electrons. The Kier molecular flexibility index (Phi) is 2.49. The van der Waals surface area contributed by atoms with Gasteiger partial charge >= 0.3 is 0 Å². The van der Waals surface area contributed by atoms with E-state index in [0.717, 1.165) is 15.7 Å². The number of benzene rings is 3. The SMILES string of the molecule is C[SH](C)(=O)c1cccc2cc3ccccc3cc12. The molecule has 0 amide bonds. The molecular formula is C16H16OS. The van der Waals surface area contributed by atoms with Crippen LogP contribution in [-0.4, -0.2) is 16.7 Å². The van der Waals surface area contributed by atoms with Crippen LogP contribution in [0.4, 0.5) is 0 Å². The third kappa shape index (κ3) is 1.83. The molecule has 0 aromatic heterocycles. The van der Waals surface area contributed by atoms with Gasteiger partial charge in [-0.2, -0.15) is 0 Å². The minimum atomic E-state index is -2.24. The van der Waals surface area contributed by atoms with Crippen LogP contribution in [0, 0.1) is 0 Å². The molecule has 0 saturated heterocycles. The van der Waals surface area contributed by atoms with Crippen LogP contribution in [0.15, 0.2) is 59.5 Å². The van der Waals surface area contributed by atoms with Crippen LogP contribution in [0.3, 0.4) is 0 Å². The smallest absolute Gasteiger partial charge is 0.0220 e. The Morgan fingerprint density at radius 1 is 0.778 bits per heavy atom. The monoisotopic (exact) mass is 256 g/mol. The maximum absolute atomic E-state index is 12.4. The zero-order valence-corrected chi connectivity index (χ0v) is 11.4. The fraction of sp³-hybridized carbons (Fsp3) is 0.125. The van der Waals surface area contributed by atoms with Gasteiger partial charge in [-0.3, -0.25) is 4.21 Å². The molecule has 0 atom stereocenters. The summed E-state index contributed by atoms with van der Waals surface area (Å²) in [5.74, 6) is 0. The number of hydrogen-bond donors (Lipinski definition) is 1. The highest BCUT2D eigenvalue weighted by Gasteiger charge is 2.10. The van der Waals surface area contributed by atoms with Crippen LogP contribution < -0.4 is 0 Å². The highest BCUT2D eigenvalue weighted by Crippen LogP contribution is 2.29. The lowest BCUT2D eigenvalue weighted by Gasteiger charge is -2.15. The van der Waals surface area contributed by atoms with Crippen molar-refractivity contribution in [3.05, 3.63) is 54.6 Å². The number of hydrogen-bond acceptors (Lipinski definition) is 1. The Morgan fingerprint density at radius 2 is 1.39 bits per heavy atom. The number of thiol groups is 1. The Hall–Kier alpha value is -1.67. The van der Waals surface area contributed by atoms with Gasteiger partial charge in [0.15, 0.2) is 0 Å². The first kappa shape index (κ1) is 11.4. The number of fused-ring (bicyclic) bond motifs is 2. The quantitative estimate of drug-likeness (QED) is 0.520. The van der Waals surface area contributed by atoms with Gasteiger partial charge in [-0.25, -0.2) is 0 Å². The molecule has 2 heteroatoms. The van der Waals surface area contributed by atoms with Crippen LogP contribution in [0.1, 0.15) is 0 Å². The van der Waals surface area contributed by atoms with E-state index < -0.39 is 9.93 Å². The zero-order chi connectivity index (χ0) is 12.8. The lowest BCUT2D eigenvalue weighted by Crippen LogP contribution is -2.06. The van der Waals surface area contributed by atoms with Gasteiger partial charge in [-0.1, -0.05) is 46.3 Å². The second-order valence-corrected chi connectivity index (χ2v) is 8.23. The van der Waals surface area contributed by atoms with E-state index in [1.807, 2.05) is 36.8 Å². The van der Waals surface area contributed by atoms with Crippen molar-refractivity contribution in [3.8, 4) is 0 Å². The average molecular weight is 256 g/mol. The van der Waals surface area contributed by atoms with Crippen LogP contribution in [0.5, 0.6) is 0 Å². The second-order valence-electron chi connectivity index (χ2n) is 5.05. The third-order valence-electron chi connectivity index (χ3n) is 3.30. The molecule has 18 heavy (non-hydrogen) atoms. The topological polar surface area (TPSA) is 17.1 Å². The third-order valence-corrected chi connectivity index (χ3v) is 4.85. The van der Waals surface area contributed by atoms with E-state index in [2.05, 4.69) is 30.3 Å². The molecule has 0 saturated carbocycles.